The van der Waals surface area contributed by atoms with E-state index in [1.165, 1.54) is 18.2 Å². The summed E-state index contributed by atoms with van der Waals surface area (Å²) < 4.78 is 40.5. The number of aromatic nitrogens is 1. The Bertz CT molecular complexity index is 1480. The van der Waals surface area contributed by atoms with Crippen LogP contribution in [0.3, 0.4) is 0 Å². The normalized spacial score (nSPS) is 11.5. The van der Waals surface area contributed by atoms with Gasteiger partial charge in [-0.3, -0.25) is 0 Å². The number of pyridine rings is 1. The van der Waals surface area contributed by atoms with Gasteiger partial charge < -0.3 is 5.32 Å². The third-order valence-corrected chi connectivity index (χ3v) is 5.88. The van der Waals surface area contributed by atoms with Crippen molar-refractivity contribution in [3.05, 3.63) is 112 Å². The van der Waals surface area contributed by atoms with Crippen molar-refractivity contribution >= 4 is 22.9 Å². The van der Waals surface area contributed by atoms with Crippen LogP contribution in [0.2, 0.25) is 0 Å². The molecule has 0 aliphatic rings. The molecular formula is C29H24F3N5. The summed E-state index contributed by atoms with van der Waals surface area (Å²) in [5, 5.41) is 21.3. The molecule has 1 heterocycles. The van der Waals surface area contributed by atoms with Crippen LogP contribution in [0, 0.1) is 32.1 Å². The molecule has 37 heavy (non-hydrogen) atoms. The van der Waals surface area contributed by atoms with E-state index in [1.807, 2.05) is 62.4 Å². The summed E-state index contributed by atoms with van der Waals surface area (Å²) in [5.41, 5.74) is 4.18. The van der Waals surface area contributed by atoms with Gasteiger partial charge in [0.2, 0.25) is 0 Å². The van der Waals surface area contributed by atoms with E-state index in [4.69, 9.17) is 4.98 Å². The molecule has 1 aromatic heterocycles. The van der Waals surface area contributed by atoms with Gasteiger partial charge in [0.05, 0.1) is 22.5 Å². The van der Waals surface area contributed by atoms with Crippen molar-refractivity contribution < 1.29 is 13.2 Å². The molecule has 3 aromatic carbocycles. The first kappa shape index (κ1) is 25.6. The molecule has 0 atom stereocenters. The lowest BCUT2D eigenvalue weighted by Crippen LogP contribution is -2.05. The molecule has 8 heteroatoms. The van der Waals surface area contributed by atoms with E-state index in [1.54, 1.807) is 6.92 Å². The second kappa shape index (κ2) is 10.6. The lowest BCUT2D eigenvalue weighted by molar-refractivity contribution is -0.137. The van der Waals surface area contributed by atoms with Crippen LogP contribution < -0.4 is 5.32 Å². The van der Waals surface area contributed by atoms with Gasteiger partial charge in [-0.2, -0.15) is 18.4 Å². The van der Waals surface area contributed by atoms with Crippen LogP contribution in [-0.4, -0.2) is 4.98 Å². The third-order valence-electron chi connectivity index (χ3n) is 5.88. The van der Waals surface area contributed by atoms with Crippen molar-refractivity contribution in [3.63, 3.8) is 0 Å². The number of aryl methyl sites for hydroxylation is 2. The van der Waals surface area contributed by atoms with Crippen LogP contribution in [0.5, 0.6) is 0 Å². The molecule has 4 rings (SSSR count). The Morgan fingerprint density at radius 2 is 1.49 bits per heavy atom. The number of halogens is 3. The van der Waals surface area contributed by atoms with Gasteiger partial charge in [-0.05, 0) is 50.6 Å². The highest BCUT2D eigenvalue weighted by Gasteiger charge is 2.33. The number of rotatable bonds is 6. The number of benzene rings is 3. The van der Waals surface area contributed by atoms with Gasteiger partial charge in [0, 0.05) is 17.7 Å². The number of anilines is 2. The van der Waals surface area contributed by atoms with Gasteiger partial charge in [0.1, 0.15) is 11.8 Å². The van der Waals surface area contributed by atoms with Gasteiger partial charge in [0.25, 0.3) is 0 Å². The Labute approximate surface area is 213 Å². The molecular weight excluding hydrogens is 475 g/mol. The van der Waals surface area contributed by atoms with E-state index in [0.717, 1.165) is 28.4 Å². The molecule has 0 aliphatic heterocycles. The number of hydrogen-bond donors (Lipinski definition) is 1. The fourth-order valence-electron chi connectivity index (χ4n) is 3.82. The van der Waals surface area contributed by atoms with Gasteiger partial charge in [-0.15, -0.1) is 10.2 Å². The molecule has 0 amide bonds. The first-order chi connectivity index (χ1) is 17.7. The fourth-order valence-corrected chi connectivity index (χ4v) is 3.82. The lowest BCUT2D eigenvalue weighted by atomic mass is 10.0. The predicted octanol–water partition coefficient (Wildman–Crippen LogP) is 8.65. The Kier molecular flexibility index (Phi) is 7.35. The van der Waals surface area contributed by atoms with Crippen molar-refractivity contribution in [2.45, 2.75) is 33.4 Å². The molecule has 0 bridgehead atoms. The van der Waals surface area contributed by atoms with Crippen LogP contribution >= 0.6 is 0 Å². The Morgan fingerprint density at radius 1 is 0.865 bits per heavy atom. The molecule has 0 aliphatic carbocycles. The molecule has 5 nitrogen and oxygen atoms in total. The Hall–Kier alpha value is -4.51. The van der Waals surface area contributed by atoms with Crippen molar-refractivity contribution in [2.75, 3.05) is 5.32 Å². The number of nitrogens with zero attached hydrogens (tertiary/aromatic N) is 4. The Morgan fingerprint density at radius 3 is 2.11 bits per heavy atom. The topological polar surface area (TPSA) is 73.4 Å². The number of nitrogens with one attached hydrogen (secondary N) is 1. The van der Waals surface area contributed by atoms with Crippen molar-refractivity contribution in [1.82, 2.24) is 4.98 Å². The number of nitriles is 1. The Balaban J connectivity index is 1.84. The number of hydrogen-bond acceptors (Lipinski definition) is 5. The van der Waals surface area contributed by atoms with Crippen LogP contribution in [-0.2, 0) is 12.6 Å². The first-order valence-electron chi connectivity index (χ1n) is 11.6. The minimum Gasteiger partial charge on any atom is -0.338 e. The monoisotopic (exact) mass is 499 g/mol. The molecule has 0 saturated heterocycles. The maximum atomic E-state index is 13.5. The highest BCUT2D eigenvalue weighted by molar-refractivity contribution is 5.74. The third kappa shape index (κ3) is 6.01. The molecule has 0 fully saturated rings. The highest BCUT2D eigenvalue weighted by atomic mass is 19.4. The lowest BCUT2D eigenvalue weighted by Gasteiger charge is -2.15. The summed E-state index contributed by atoms with van der Waals surface area (Å²) in [7, 11) is 0. The summed E-state index contributed by atoms with van der Waals surface area (Å²) in [4.78, 5) is 4.71. The van der Waals surface area contributed by atoms with Crippen molar-refractivity contribution in [2.24, 2.45) is 10.2 Å². The van der Waals surface area contributed by atoms with Crippen LogP contribution in [0.4, 0.5) is 36.1 Å². The molecule has 4 aromatic rings. The van der Waals surface area contributed by atoms with Crippen LogP contribution in [0.1, 0.15) is 39.1 Å². The SMILES string of the molecule is Cc1ccc(Cc2nc(Nc3ccc(C)cc3)c(N=Nc3ccccc3C(F)(F)F)c(C)c2C#N)cc1. The number of azo groups is 1. The van der Waals surface area contributed by atoms with E-state index in [-0.39, 0.29) is 11.4 Å². The quantitative estimate of drug-likeness (QED) is 0.270. The zero-order chi connectivity index (χ0) is 26.6. The molecule has 186 valence electrons. The summed E-state index contributed by atoms with van der Waals surface area (Å²) in [6.45, 7) is 5.65. The van der Waals surface area contributed by atoms with E-state index in [9.17, 15) is 18.4 Å². The maximum Gasteiger partial charge on any atom is 0.418 e. The van der Waals surface area contributed by atoms with Gasteiger partial charge in [0.15, 0.2) is 5.82 Å². The average molecular weight is 500 g/mol. The van der Waals surface area contributed by atoms with Gasteiger partial charge in [-0.1, -0.05) is 59.7 Å². The van der Waals surface area contributed by atoms with Crippen molar-refractivity contribution in [3.8, 4) is 6.07 Å². The van der Waals surface area contributed by atoms with Crippen LogP contribution in [0.15, 0.2) is 83.0 Å². The van der Waals surface area contributed by atoms with Crippen molar-refractivity contribution in [1.29, 1.82) is 5.26 Å². The van der Waals surface area contributed by atoms with E-state index >= 15 is 0 Å². The largest absolute Gasteiger partial charge is 0.418 e. The smallest absolute Gasteiger partial charge is 0.338 e. The molecule has 0 radical (unpaired) electrons. The second-order valence-corrected chi connectivity index (χ2v) is 8.74. The molecule has 0 spiro atoms. The summed E-state index contributed by atoms with van der Waals surface area (Å²) >= 11 is 0. The van der Waals surface area contributed by atoms with E-state index in [2.05, 4.69) is 21.6 Å². The zero-order valence-corrected chi connectivity index (χ0v) is 20.6. The molecule has 1 N–H and O–H groups in total. The maximum absolute atomic E-state index is 13.5. The van der Waals surface area contributed by atoms with E-state index < -0.39 is 11.7 Å². The molecule has 0 saturated carbocycles. The van der Waals surface area contributed by atoms with Gasteiger partial charge in [-0.25, -0.2) is 4.98 Å². The summed E-state index contributed by atoms with van der Waals surface area (Å²) in [6, 6.07) is 22.7. The molecule has 0 unspecified atom stereocenters. The minimum atomic E-state index is -4.58. The van der Waals surface area contributed by atoms with Gasteiger partial charge >= 0.3 is 6.18 Å². The predicted molar refractivity (Wildman–Crippen MR) is 138 cm³/mol. The van der Waals surface area contributed by atoms with E-state index in [0.29, 0.717) is 29.1 Å². The average Bonchev–Trinajstić information content (AvgIpc) is 2.86. The standard InChI is InChI=1S/C29H24F3N5/c1-18-8-12-21(13-9-18)16-26-23(17-33)20(3)27(28(35-26)34-22-14-10-19(2)11-15-22)37-36-25-7-5-4-6-24(25)29(30,31)32/h4-15H,16H2,1-3H3,(H,34,35). The summed E-state index contributed by atoms with van der Waals surface area (Å²) in [6.07, 6.45) is -4.18. The van der Waals surface area contributed by atoms with Crippen LogP contribution in [0.25, 0.3) is 0 Å². The fraction of sp³-hybridized carbons (Fsp3) is 0.172. The minimum absolute atomic E-state index is 0.196. The number of alkyl halides is 3. The zero-order valence-electron chi connectivity index (χ0n) is 20.6. The second-order valence-electron chi connectivity index (χ2n) is 8.74. The highest BCUT2D eigenvalue weighted by Crippen LogP contribution is 2.39. The summed E-state index contributed by atoms with van der Waals surface area (Å²) in [5.74, 6) is 0.302. The first-order valence-corrected chi connectivity index (χ1v) is 11.6.